The summed E-state index contributed by atoms with van der Waals surface area (Å²) in [5.41, 5.74) is 4.12. The van der Waals surface area contributed by atoms with Gasteiger partial charge in [-0.05, 0) is 73.8 Å². The van der Waals surface area contributed by atoms with Crippen LogP contribution in [0.25, 0.3) is 0 Å². The van der Waals surface area contributed by atoms with Gasteiger partial charge in [-0.3, -0.25) is 0 Å². The van der Waals surface area contributed by atoms with Crippen LogP contribution in [0.2, 0.25) is 0 Å². The molecule has 0 bridgehead atoms. The topological polar surface area (TPSA) is 36.9 Å². The fourth-order valence-electron chi connectivity index (χ4n) is 7.64. The maximum absolute atomic E-state index is 6.79. The second-order valence-corrected chi connectivity index (χ2v) is 10.6. The van der Waals surface area contributed by atoms with Gasteiger partial charge in [0.2, 0.25) is 0 Å². The number of aryl methyl sites for hydroxylation is 1. The lowest BCUT2D eigenvalue weighted by Crippen LogP contribution is -2.45. The molecule has 4 nitrogen and oxygen atoms in total. The van der Waals surface area contributed by atoms with Gasteiger partial charge >= 0.3 is 0 Å². The molecule has 32 heavy (non-hydrogen) atoms. The Hall–Kier alpha value is -2.04. The average Bonchev–Trinajstić information content (AvgIpc) is 3.31. The van der Waals surface area contributed by atoms with E-state index in [0.717, 1.165) is 29.9 Å². The molecule has 1 saturated heterocycles. The van der Waals surface area contributed by atoms with E-state index in [1.807, 2.05) is 6.07 Å². The van der Waals surface area contributed by atoms with Crippen molar-refractivity contribution in [3.8, 4) is 11.5 Å². The Labute approximate surface area is 191 Å². The molecule has 2 aromatic carbocycles. The largest absolute Gasteiger partial charge is 0.497 e. The third kappa shape index (κ3) is 2.82. The number of hydrogen-bond acceptors (Lipinski definition) is 4. The molecule has 1 heterocycles. The Bertz CT molecular complexity index is 1000. The minimum absolute atomic E-state index is 0.162. The average molecular weight is 435 g/mol. The van der Waals surface area contributed by atoms with Crippen LogP contribution in [0.3, 0.4) is 0 Å². The van der Waals surface area contributed by atoms with Crippen LogP contribution in [0, 0.1) is 17.3 Å². The van der Waals surface area contributed by atoms with Crippen molar-refractivity contribution in [1.82, 2.24) is 0 Å². The predicted octanol–water partition coefficient (Wildman–Crippen LogP) is 5.83. The Morgan fingerprint density at radius 3 is 2.53 bits per heavy atom. The van der Waals surface area contributed by atoms with Gasteiger partial charge in [-0.2, -0.15) is 0 Å². The van der Waals surface area contributed by atoms with Crippen molar-refractivity contribution in [1.29, 1.82) is 0 Å². The van der Waals surface area contributed by atoms with Gasteiger partial charge < -0.3 is 18.9 Å². The molecule has 3 aliphatic carbocycles. The van der Waals surface area contributed by atoms with E-state index in [2.05, 4.69) is 50.2 Å². The molecule has 170 valence electrons. The van der Waals surface area contributed by atoms with Gasteiger partial charge in [0, 0.05) is 17.2 Å². The van der Waals surface area contributed by atoms with E-state index in [9.17, 15) is 0 Å². The highest BCUT2D eigenvalue weighted by Gasteiger charge is 2.64. The van der Waals surface area contributed by atoms with Gasteiger partial charge in [0.25, 0.3) is 0 Å². The van der Waals surface area contributed by atoms with E-state index in [1.54, 1.807) is 14.2 Å². The van der Waals surface area contributed by atoms with E-state index < -0.39 is 5.79 Å². The maximum atomic E-state index is 6.79. The van der Waals surface area contributed by atoms with Crippen molar-refractivity contribution in [2.24, 2.45) is 17.3 Å². The number of fused-ring (bicyclic) bond motifs is 7. The SMILES string of the molecule is COc1cc2c(c(OC)c1)[C@H]1CC[C@]3(C)[C@@H]4OC(C)(c5ccccc5)O[C@@H]4C[C@H]3[C@H]1CC2. The van der Waals surface area contributed by atoms with Crippen LogP contribution in [0.15, 0.2) is 42.5 Å². The zero-order valence-corrected chi connectivity index (χ0v) is 19.6. The first kappa shape index (κ1) is 20.6. The van der Waals surface area contributed by atoms with Gasteiger partial charge in [0.15, 0.2) is 5.79 Å². The zero-order chi connectivity index (χ0) is 22.1. The second-order valence-electron chi connectivity index (χ2n) is 10.6. The molecule has 0 N–H and O–H groups in total. The normalized spacial score (nSPS) is 39.6. The zero-order valence-electron chi connectivity index (χ0n) is 19.6. The third-order valence-electron chi connectivity index (χ3n) is 9.15. The highest BCUT2D eigenvalue weighted by molar-refractivity contribution is 5.50. The summed E-state index contributed by atoms with van der Waals surface area (Å²) >= 11 is 0. The minimum atomic E-state index is -0.639. The molecule has 2 saturated carbocycles. The second kappa shape index (κ2) is 7.23. The third-order valence-corrected chi connectivity index (χ3v) is 9.15. The van der Waals surface area contributed by atoms with Crippen LogP contribution in [0.4, 0.5) is 0 Å². The quantitative estimate of drug-likeness (QED) is 0.609. The minimum Gasteiger partial charge on any atom is -0.497 e. The van der Waals surface area contributed by atoms with Crippen LogP contribution < -0.4 is 9.47 Å². The fraction of sp³-hybridized carbons (Fsp3) is 0.571. The lowest BCUT2D eigenvalue weighted by atomic mass is 9.55. The van der Waals surface area contributed by atoms with Crippen LogP contribution in [0.5, 0.6) is 11.5 Å². The molecule has 0 amide bonds. The Kier molecular flexibility index (Phi) is 4.64. The summed E-state index contributed by atoms with van der Waals surface area (Å²) in [5, 5.41) is 0. The smallest absolute Gasteiger partial charge is 0.192 e. The molecule has 6 rings (SSSR count). The molecule has 0 radical (unpaired) electrons. The Morgan fingerprint density at radius 1 is 0.969 bits per heavy atom. The molecule has 0 aromatic heterocycles. The van der Waals surface area contributed by atoms with Crippen LogP contribution in [-0.4, -0.2) is 26.4 Å². The van der Waals surface area contributed by atoms with Crippen molar-refractivity contribution in [3.63, 3.8) is 0 Å². The summed E-state index contributed by atoms with van der Waals surface area (Å²) < 4.78 is 24.9. The summed E-state index contributed by atoms with van der Waals surface area (Å²) in [7, 11) is 3.52. The van der Waals surface area contributed by atoms with Crippen molar-refractivity contribution in [3.05, 3.63) is 59.2 Å². The van der Waals surface area contributed by atoms with E-state index >= 15 is 0 Å². The highest BCUT2D eigenvalue weighted by Crippen LogP contribution is 2.65. The first-order valence-corrected chi connectivity index (χ1v) is 12.1. The molecule has 3 fully saturated rings. The van der Waals surface area contributed by atoms with Gasteiger partial charge in [0.1, 0.15) is 11.5 Å². The summed E-state index contributed by atoms with van der Waals surface area (Å²) in [6.45, 7) is 4.57. The van der Waals surface area contributed by atoms with Crippen molar-refractivity contribution in [2.45, 2.75) is 69.9 Å². The summed E-state index contributed by atoms with van der Waals surface area (Å²) in [6, 6.07) is 14.7. The lowest BCUT2D eigenvalue weighted by molar-refractivity contribution is -0.198. The number of hydrogen-bond donors (Lipinski definition) is 0. The van der Waals surface area contributed by atoms with Gasteiger partial charge in [-0.25, -0.2) is 0 Å². The number of methoxy groups -OCH3 is 2. The van der Waals surface area contributed by atoms with Crippen molar-refractivity contribution in [2.75, 3.05) is 14.2 Å². The van der Waals surface area contributed by atoms with Crippen molar-refractivity contribution < 1.29 is 18.9 Å². The maximum Gasteiger partial charge on any atom is 0.192 e. The van der Waals surface area contributed by atoms with E-state index in [-0.39, 0.29) is 17.6 Å². The molecular formula is C28H34O4. The summed E-state index contributed by atoms with van der Waals surface area (Å²) in [5.74, 6) is 3.09. The van der Waals surface area contributed by atoms with Crippen LogP contribution in [-0.2, 0) is 21.7 Å². The molecule has 4 aliphatic rings. The molecular weight excluding hydrogens is 400 g/mol. The Morgan fingerprint density at radius 2 is 1.78 bits per heavy atom. The first-order valence-electron chi connectivity index (χ1n) is 12.1. The molecule has 0 spiro atoms. The number of benzene rings is 2. The fourth-order valence-corrected chi connectivity index (χ4v) is 7.64. The predicted molar refractivity (Wildman–Crippen MR) is 123 cm³/mol. The Balaban J connectivity index is 1.30. The molecule has 2 aromatic rings. The standard InChI is InChI=1S/C28H34O4/c1-27-13-12-21-20(11-10-17-14-19(29-3)15-23(30-4)25(17)21)22(27)16-24-26(27)32-28(2,31-24)18-8-6-5-7-9-18/h5-9,14-15,20-22,24,26H,10-13,16H2,1-4H3/t20-,21-,22-,24+,26+,27-,28?/m0/s1. The molecule has 7 atom stereocenters. The molecule has 4 heteroatoms. The summed E-state index contributed by atoms with van der Waals surface area (Å²) in [6.07, 6.45) is 6.11. The van der Waals surface area contributed by atoms with Crippen LogP contribution >= 0.6 is 0 Å². The highest BCUT2D eigenvalue weighted by atomic mass is 16.8. The summed E-state index contributed by atoms with van der Waals surface area (Å²) in [4.78, 5) is 0. The van der Waals surface area contributed by atoms with E-state index in [1.165, 1.54) is 30.4 Å². The lowest BCUT2D eigenvalue weighted by Gasteiger charge is -2.50. The number of rotatable bonds is 3. The van der Waals surface area contributed by atoms with Gasteiger partial charge in [-0.15, -0.1) is 0 Å². The molecule has 1 unspecified atom stereocenters. The molecule has 1 aliphatic heterocycles. The van der Waals surface area contributed by atoms with E-state index in [4.69, 9.17) is 18.9 Å². The first-order chi connectivity index (χ1) is 15.5. The van der Waals surface area contributed by atoms with Crippen molar-refractivity contribution >= 4 is 0 Å². The van der Waals surface area contributed by atoms with Gasteiger partial charge in [0.05, 0.1) is 26.4 Å². The van der Waals surface area contributed by atoms with Crippen LogP contribution in [0.1, 0.15) is 62.1 Å². The number of ether oxygens (including phenoxy) is 4. The van der Waals surface area contributed by atoms with E-state index in [0.29, 0.717) is 17.8 Å². The monoisotopic (exact) mass is 434 g/mol. The van der Waals surface area contributed by atoms with Gasteiger partial charge in [-0.1, -0.05) is 37.3 Å².